The third kappa shape index (κ3) is 2.65. The van der Waals surface area contributed by atoms with Crippen LogP contribution in [0.2, 0.25) is 0 Å². The summed E-state index contributed by atoms with van der Waals surface area (Å²) in [5, 5.41) is 7.34. The van der Waals surface area contributed by atoms with E-state index in [1.807, 2.05) is 6.92 Å². The van der Waals surface area contributed by atoms with Gasteiger partial charge in [-0.15, -0.1) is 0 Å². The number of rotatable bonds is 2. The van der Waals surface area contributed by atoms with Gasteiger partial charge in [0.2, 0.25) is 0 Å². The number of halogens is 3. The highest BCUT2D eigenvalue weighted by Crippen LogP contribution is 2.25. The average Bonchev–Trinajstić information content (AvgIpc) is 2.95. The van der Waals surface area contributed by atoms with Crippen LogP contribution in [0.5, 0.6) is 0 Å². The highest BCUT2D eigenvalue weighted by molar-refractivity contribution is 5.42. The summed E-state index contributed by atoms with van der Waals surface area (Å²) in [6.45, 7) is 3.42. The second kappa shape index (κ2) is 4.83. The smallest absolute Gasteiger partial charge is 0.316 e. The summed E-state index contributed by atoms with van der Waals surface area (Å²) in [7, 11) is 0. The normalized spacial score (nSPS) is 23.0. The number of H-pyrrole nitrogens is 1. The Morgan fingerprint density at radius 1 is 1.43 bits per heavy atom. The SMILES string of the molecule is CC1CNCC1c1nn2c(CC(F)(F)F)ncc2c(=O)[nH]1. The Morgan fingerprint density at radius 2 is 2.19 bits per heavy atom. The van der Waals surface area contributed by atoms with Gasteiger partial charge in [-0.1, -0.05) is 6.92 Å². The molecule has 1 saturated heterocycles. The van der Waals surface area contributed by atoms with E-state index in [9.17, 15) is 18.0 Å². The van der Waals surface area contributed by atoms with Crippen molar-refractivity contribution in [3.8, 4) is 0 Å². The number of nitrogens with one attached hydrogen (secondary N) is 2. The number of alkyl halides is 3. The van der Waals surface area contributed by atoms with E-state index < -0.39 is 18.2 Å². The molecule has 3 rings (SSSR count). The standard InChI is InChI=1S/C12H14F3N5O/c1-6-3-16-4-7(6)10-18-11(21)8-5-17-9(20(8)19-10)2-12(13,14)15/h5-7,16H,2-4H2,1H3,(H,18,19,21). The lowest BCUT2D eigenvalue weighted by atomic mass is 9.98. The summed E-state index contributed by atoms with van der Waals surface area (Å²) in [6.07, 6.45) is -4.49. The van der Waals surface area contributed by atoms with E-state index in [0.29, 0.717) is 12.4 Å². The van der Waals surface area contributed by atoms with Crippen LogP contribution < -0.4 is 10.9 Å². The molecule has 2 aromatic heterocycles. The van der Waals surface area contributed by atoms with E-state index in [-0.39, 0.29) is 23.2 Å². The monoisotopic (exact) mass is 301 g/mol. The molecule has 2 N–H and O–H groups in total. The fourth-order valence-electron chi connectivity index (χ4n) is 2.61. The largest absolute Gasteiger partial charge is 0.396 e. The molecule has 1 fully saturated rings. The zero-order valence-electron chi connectivity index (χ0n) is 11.2. The van der Waals surface area contributed by atoms with Crippen LogP contribution >= 0.6 is 0 Å². The average molecular weight is 301 g/mol. The summed E-state index contributed by atoms with van der Waals surface area (Å²) in [5.41, 5.74) is -0.448. The van der Waals surface area contributed by atoms with Crippen LogP contribution in [0.25, 0.3) is 5.52 Å². The van der Waals surface area contributed by atoms with Crippen molar-refractivity contribution in [2.24, 2.45) is 5.92 Å². The van der Waals surface area contributed by atoms with Gasteiger partial charge in [0.1, 0.15) is 18.1 Å². The number of hydrogen-bond acceptors (Lipinski definition) is 4. The fourth-order valence-corrected chi connectivity index (χ4v) is 2.61. The lowest BCUT2D eigenvalue weighted by Gasteiger charge is -2.13. The van der Waals surface area contributed by atoms with Gasteiger partial charge in [0, 0.05) is 12.5 Å². The van der Waals surface area contributed by atoms with Crippen LogP contribution in [0, 0.1) is 5.92 Å². The molecule has 0 saturated carbocycles. The van der Waals surface area contributed by atoms with Crippen molar-refractivity contribution in [2.75, 3.05) is 13.1 Å². The maximum absolute atomic E-state index is 12.5. The van der Waals surface area contributed by atoms with Gasteiger partial charge in [0.05, 0.1) is 6.20 Å². The topological polar surface area (TPSA) is 75.1 Å². The van der Waals surface area contributed by atoms with Crippen LogP contribution in [0.15, 0.2) is 11.0 Å². The number of fused-ring (bicyclic) bond motifs is 1. The Bertz CT molecular complexity index is 720. The van der Waals surface area contributed by atoms with Gasteiger partial charge in [-0.2, -0.15) is 18.3 Å². The van der Waals surface area contributed by atoms with E-state index in [1.165, 1.54) is 0 Å². The summed E-state index contributed by atoms with van der Waals surface area (Å²) >= 11 is 0. The number of imidazole rings is 1. The molecule has 2 atom stereocenters. The molecular weight excluding hydrogens is 287 g/mol. The van der Waals surface area contributed by atoms with E-state index in [4.69, 9.17) is 0 Å². The maximum atomic E-state index is 12.5. The zero-order valence-corrected chi connectivity index (χ0v) is 11.2. The molecule has 0 amide bonds. The molecule has 0 spiro atoms. The van der Waals surface area contributed by atoms with Crippen molar-refractivity contribution >= 4 is 5.52 Å². The lowest BCUT2D eigenvalue weighted by molar-refractivity contribution is -0.128. The Hall–Kier alpha value is -1.90. The third-order valence-electron chi connectivity index (χ3n) is 3.72. The van der Waals surface area contributed by atoms with Gasteiger partial charge in [-0.3, -0.25) is 4.79 Å². The minimum absolute atomic E-state index is 0.0246. The predicted octanol–water partition coefficient (Wildman–Crippen LogP) is 0.845. The Balaban J connectivity index is 2.08. The second-order valence-corrected chi connectivity index (χ2v) is 5.34. The van der Waals surface area contributed by atoms with Crippen molar-refractivity contribution in [2.45, 2.75) is 25.4 Å². The van der Waals surface area contributed by atoms with Crippen LogP contribution in [-0.4, -0.2) is 38.8 Å². The third-order valence-corrected chi connectivity index (χ3v) is 3.72. The highest BCUT2D eigenvalue weighted by atomic mass is 19.4. The van der Waals surface area contributed by atoms with Crippen LogP contribution in [-0.2, 0) is 6.42 Å². The van der Waals surface area contributed by atoms with Crippen molar-refractivity contribution in [1.82, 2.24) is 24.9 Å². The summed E-state index contributed by atoms with van der Waals surface area (Å²) in [6, 6.07) is 0. The van der Waals surface area contributed by atoms with E-state index >= 15 is 0 Å². The lowest BCUT2D eigenvalue weighted by Crippen LogP contribution is -2.23. The van der Waals surface area contributed by atoms with Gasteiger partial charge in [0.15, 0.2) is 5.52 Å². The van der Waals surface area contributed by atoms with Crippen LogP contribution in [0.4, 0.5) is 13.2 Å². The molecule has 0 aromatic carbocycles. The first kappa shape index (κ1) is 14.1. The molecule has 1 aliphatic rings. The first-order valence-electron chi connectivity index (χ1n) is 6.59. The molecule has 0 aliphatic carbocycles. The van der Waals surface area contributed by atoms with E-state index in [0.717, 1.165) is 17.3 Å². The van der Waals surface area contributed by atoms with Crippen molar-refractivity contribution in [3.63, 3.8) is 0 Å². The van der Waals surface area contributed by atoms with Crippen molar-refractivity contribution < 1.29 is 13.2 Å². The summed E-state index contributed by atoms with van der Waals surface area (Å²) in [5.74, 6) is 0.346. The molecule has 3 heterocycles. The molecule has 2 aromatic rings. The number of hydrogen-bond donors (Lipinski definition) is 2. The number of aromatic nitrogens is 4. The van der Waals surface area contributed by atoms with E-state index in [2.05, 4.69) is 20.4 Å². The first-order valence-corrected chi connectivity index (χ1v) is 6.59. The molecular formula is C12H14F3N5O. The van der Waals surface area contributed by atoms with E-state index in [1.54, 1.807) is 0 Å². The quantitative estimate of drug-likeness (QED) is 0.862. The zero-order chi connectivity index (χ0) is 15.2. The molecule has 21 heavy (non-hydrogen) atoms. The highest BCUT2D eigenvalue weighted by Gasteiger charge is 2.32. The van der Waals surface area contributed by atoms with Crippen molar-refractivity contribution in [1.29, 1.82) is 0 Å². The maximum Gasteiger partial charge on any atom is 0.396 e. The molecule has 0 radical (unpaired) electrons. The molecule has 2 unspecified atom stereocenters. The Kier molecular flexibility index (Phi) is 3.23. The Labute approximate surface area is 117 Å². The molecule has 6 nitrogen and oxygen atoms in total. The van der Waals surface area contributed by atoms with Gasteiger partial charge in [0.25, 0.3) is 5.56 Å². The Morgan fingerprint density at radius 3 is 2.81 bits per heavy atom. The second-order valence-electron chi connectivity index (χ2n) is 5.34. The van der Waals surface area contributed by atoms with Gasteiger partial charge < -0.3 is 10.3 Å². The minimum Gasteiger partial charge on any atom is -0.316 e. The van der Waals surface area contributed by atoms with Gasteiger partial charge >= 0.3 is 6.18 Å². The van der Waals surface area contributed by atoms with Crippen molar-refractivity contribution in [3.05, 3.63) is 28.2 Å². The summed E-state index contributed by atoms with van der Waals surface area (Å²) < 4.78 is 38.6. The molecule has 114 valence electrons. The first-order chi connectivity index (χ1) is 9.85. The molecule has 1 aliphatic heterocycles. The van der Waals surface area contributed by atoms with Crippen LogP contribution in [0.1, 0.15) is 24.5 Å². The van der Waals surface area contributed by atoms with Gasteiger partial charge in [-0.05, 0) is 12.5 Å². The van der Waals surface area contributed by atoms with Gasteiger partial charge in [-0.25, -0.2) is 9.50 Å². The minimum atomic E-state index is -4.39. The van der Waals surface area contributed by atoms with Crippen LogP contribution in [0.3, 0.4) is 0 Å². The predicted molar refractivity (Wildman–Crippen MR) is 68.1 cm³/mol. The number of nitrogens with zero attached hydrogens (tertiary/aromatic N) is 3. The molecule has 9 heteroatoms. The summed E-state index contributed by atoms with van der Waals surface area (Å²) in [4.78, 5) is 18.3. The molecule has 0 bridgehead atoms. The fraction of sp³-hybridized carbons (Fsp3) is 0.583. The number of aromatic amines is 1.